The number of ether oxygens (including phenoxy) is 1. The molecule has 4 aliphatic carbocycles. The van der Waals surface area contributed by atoms with Crippen LogP contribution in [0.3, 0.4) is 0 Å². The minimum absolute atomic E-state index is 0.0883. The number of fused-ring (bicyclic) bond motifs is 1. The molecule has 7 nitrogen and oxygen atoms in total. The summed E-state index contributed by atoms with van der Waals surface area (Å²) in [6.45, 7) is 0.748. The van der Waals surface area contributed by atoms with Gasteiger partial charge in [-0.2, -0.15) is 0 Å². The van der Waals surface area contributed by atoms with Crippen LogP contribution in [0.2, 0.25) is 0 Å². The molecule has 3 aromatic rings. The van der Waals surface area contributed by atoms with Crippen LogP contribution >= 0.6 is 0 Å². The van der Waals surface area contributed by atoms with E-state index in [2.05, 4.69) is 10.3 Å². The Bertz CT molecular complexity index is 1220. The molecule has 0 saturated heterocycles. The van der Waals surface area contributed by atoms with Crippen LogP contribution in [-0.2, 0) is 16.0 Å². The molecule has 4 fully saturated rings. The molecule has 1 atom stereocenters. The average Bonchev–Trinajstić information content (AvgIpc) is 3.29. The van der Waals surface area contributed by atoms with E-state index in [0.29, 0.717) is 23.5 Å². The van der Waals surface area contributed by atoms with Crippen molar-refractivity contribution in [3.63, 3.8) is 0 Å². The molecule has 182 valence electrons. The van der Waals surface area contributed by atoms with Crippen LogP contribution in [0.4, 0.5) is 0 Å². The molecule has 1 amide bonds. The van der Waals surface area contributed by atoms with Crippen molar-refractivity contribution in [3.05, 3.63) is 65.9 Å². The molecule has 3 aromatic heterocycles. The second kappa shape index (κ2) is 8.77. The second-order valence-corrected chi connectivity index (χ2v) is 11.0. The smallest absolute Gasteiger partial charge is 0.315 e. The van der Waals surface area contributed by atoms with Gasteiger partial charge in [0.05, 0.1) is 12.8 Å². The first kappa shape index (κ1) is 22.3. The van der Waals surface area contributed by atoms with E-state index in [9.17, 15) is 9.59 Å². The van der Waals surface area contributed by atoms with Crippen LogP contribution in [0.15, 0.2) is 48.8 Å². The van der Waals surface area contributed by atoms with Crippen LogP contribution in [0.25, 0.3) is 5.65 Å². The molecule has 3 heterocycles. The van der Waals surface area contributed by atoms with E-state index in [1.54, 1.807) is 16.8 Å². The van der Waals surface area contributed by atoms with Crippen LogP contribution in [-0.4, -0.2) is 39.9 Å². The first-order valence-electron chi connectivity index (χ1n) is 12.8. The Labute approximate surface area is 205 Å². The van der Waals surface area contributed by atoms with Gasteiger partial charge in [0.15, 0.2) is 0 Å². The maximum Gasteiger partial charge on any atom is 0.315 e. The number of esters is 1. The largest absolute Gasteiger partial charge is 0.468 e. The fourth-order valence-electron chi connectivity index (χ4n) is 7.43. The lowest BCUT2D eigenvalue weighted by Gasteiger charge is -2.56. The van der Waals surface area contributed by atoms with Crippen molar-refractivity contribution in [3.8, 4) is 0 Å². The van der Waals surface area contributed by atoms with E-state index in [1.165, 1.54) is 45.6 Å². The zero-order valence-corrected chi connectivity index (χ0v) is 20.2. The highest BCUT2D eigenvalue weighted by molar-refractivity contribution is 5.93. The van der Waals surface area contributed by atoms with Gasteiger partial charge in [0, 0.05) is 31.1 Å². The van der Waals surface area contributed by atoms with Crippen molar-refractivity contribution in [2.45, 2.75) is 50.9 Å². The third kappa shape index (κ3) is 4.21. The van der Waals surface area contributed by atoms with Crippen LogP contribution in [0.5, 0.6) is 0 Å². The van der Waals surface area contributed by atoms with E-state index < -0.39 is 5.92 Å². The number of carbonyl (C=O) groups excluding carboxylic acids is 2. The molecular formula is C28H32N4O3. The summed E-state index contributed by atoms with van der Waals surface area (Å²) in [5.41, 5.74) is 2.80. The summed E-state index contributed by atoms with van der Waals surface area (Å²) < 4.78 is 6.86. The summed E-state index contributed by atoms with van der Waals surface area (Å²) in [5.74, 6) is 1.51. The highest BCUT2D eigenvalue weighted by Gasteiger charge is 2.50. The monoisotopic (exact) mass is 472 g/mol. The number of nitrogens with one attached hydrogen (secondary N) is 1. The molecule has 0 aromatic carbocycles. The molecule has 4 aliphatic rings. The number of hydrogen-bond donors (Lipinski definition) is 1. The Morgan fingerprint density at radius 1 is 1.09 bits per heavy atom. The summed E-state index contributed by atoms with van der Waals surface area (Å²) in [4.78, 5) is 35.0. The lowest BCUT2D eigenvalue weighted by Crippen LogP contribution is -2.51. The maximum atomic E-state index is 13.4. The lowest BCUT2D eigenvalue weighted by atomic mass is 9.49. The van der Waals surface area contributed by atoms with Crippen molar-refractivity contribution in [1.82, 2.24) is 19.7 Å². The van der Waals surface area contributed by atoms with Crippen molar-refractivity contribution in [2.24, 2.45) is 23.2 Å². The van der Waals surface area contributed by atoms with Gasteiger partial charge in [-0.15, -0.1) is 0 Å². The third-order valence-corrected chi connectivity index (χ3v) is 8.51. The van der Waals surface area contributed by atoms with Gasteiger partial charge in [-0.3, -0.25) is 19.0 Å². The molecule has 0 aliphatic heterocycles. The lowest BCUT2D eigenvalue weighted by molar-refractivity contribution is -0.142. The molecule has 35 heavy (non-hydrogen) atoms. The van der Waals surface area contributed by atoms with Crippen LogP contribution in [0, 0.1) is 23.2 Å². The standard InChI is InChI=1S/C28H32N4O3/c1-35-27(34)22(12-21-5-2-3-8-29-21)23-16-32-24(6-4-7-25(32)31-23)26(33)30-17-28-13-18-9-19(14-28)11-20(10-18)15-28/h2-8,16,18-20,22H,9-15,17H2,1H3,(H,30,33). The van der Waals surface area contributed by atoms with Gasteiger partial charge in [0.2, 0.25) is 0 Å². The van der Waals surface area contributed by atoms with Crippen molar-refractivity contribution < 1.29 is 14.3 Å². The first-order chi connectivity index (χ1) is 17.0. The molecule has 7 heteroatoms. The zero-order chi connectivity index (χ0) is 24.0. The SMILES string of the molecule is COC(=O)C(Cc1ccccn1)c1cn2c(C(=O)NCC34CC5CC(CC(C5)C3)C4)cccc2n1. The minimum Gasteiger partial charge on any atom is -0.468 e. The number of carbonyl (C=O) groups is 2. The maximum absolute atomic E-state index is 13.4. The quantitative estimate of drug-likeness (QED) is 0.522. The highest BCUT2D eigenvalue weighted by atomic mass is 16.5. The number of rotatable bonds is 7. The fourth-order valence-corrected chi connectivity index (χ4v) is 7.43. The summed E-state index contributed by atoms with van der Waals surface area (Å²) in [7, 11) is 1.38. The fraction of sp³-hybridized carbons (Fsp3) is 0.500. The number of imidazole rings is 1. The predicted octanol–water partition coefficient (Wildman–Crippen LogP) is 4.17. The Morgan fingerprint density at radius 2 is 1.83 bits per heavy atom. The number of methoxy groups -OCH3 is 1. The van der Waals surface area contributed by atoms with Gasteiger partial charge in [0.1, 0.15) is 17.3 Å². The van der Waals surface area contributed by atoms with E-state index in [0.717, 1.165) is 30.0 Å². The Balaban J connectivity index is 1.23. The first-order valence-corrected chi connectivity index (χ1v) is 12.8. The number of hydrogen-bond acceptors (Lipinski definition) is 5. The normalized spacial score (nSPS) is 27.6. The molecule has 0 spiro atoms. The van der Waals surface area contributed by atoms with Crippen molar-refractivity contribution in [2.75, 3.05) is 13.7 Å². The van der Waals surface area contributed by atoms with Crippen LogP contribution in [0.1, 0.15) is 66.3 Å². The number of amides is 1. The number of nitrogens with zero attached hydrogens (tertiary/aromatic N) is 3. The number of pyridine rings is 2. The Morgan fingerprint density at radius 3 is 2.49 bits per heavy atom. The van der Waals surface area contributed by atoms with Gasteiger partial charge < -0.3 is 10.1 Å². The van der Waals surface area contributed by atoms with Gasteiger partial charge >= 0.3 is 5.97 Å². The van der Waals surface area contributed by atoms with Gasteiger partial charge in [-0.25, -0.2) is 4.98 Å². The molecule has 0 radical (unpaired) electrons. The highest BCUT2D eigenvalue weighted by Crippen LogP contribution is 2.59. The summed E-state index contributed by atoms with van der Waals surface area (Å²) in [6, 6.07) is 11.1. The third-order valence-electron chi connectivity index (χ3n) is 8.51. The van der Waals surface area contributed by atoms with Gasteiger partial charge in [0.25, 0.3) is 5.91 Å². The molecule has 7 rings (SSSR count). The number of aromatic nitrogens is 3. The summed E-state index contributed by atoms with van der Waals surface area (Å²) in [5, 5.41) is 3.27. The van der Waals surface area contributed by atoms with E-state index in [1.807, 2.05) is 36.4 Å². The van der Waals surface area contributed by atoms with E-state index >= 15 is 0 Å². The summed E-state index contributed by atoms with van der Waals surface area (Å²) >= 11 is 0. The Hall–Kier alpha value is -3.22. The van der Waals surface area contributed by atoms with Crippen LogP contribution < -0.4 is 5.32 Å². The van der Waals surface area contributed by atoms with Crippen molar-refractivity contribution >= 4 is 17.5 Å². The molecule has 4 bridgehead atoms. The molecule has 1 N–H and O–H groups in total. The summed E-state index contributed by atoms with van der Waals surface area (Å²) in [6.07, 6.45) is 11.8. The molecular weight excluding hydrogens is 440 g/mol. The minimum atomic E-state index is -0.599. The zero-order valence-electron chi connectivity index (χ0n) is 20.2. The van der Waals surface area contributed by atoms with Gasteiger partial charge in [-0.05, 0) is 86.0 Å². The topological polar surface area (TPSA) is 85.6 Å². The van der Waals surface area contributed by atoms with E-state index in [-0.39, 0.29) is 17.3 Å². The molecule has 1 unspecified atom stereocenters. The van der Waals surface area contributed by atoms with Gasteiger partial charge in [-0.1, -0.05) is 12.1 Å². The average molecular weight is 473 g/mol. The predicted molar refractivity (Wildman–Crippen MR) is 131 cm³/mol. The van der Waals surface area contributed by atoms with E-state index in [4.69, 9.17) is 9.72 Å². The second-order valence-electron chi connectivity index (χ2n) is 11.0. The molecule has 4 saturated carbocycles. The Kier molecular flexibility index (Phi) is 5.58. The van der Waals surface area contributed by atoms with Crippen molar-refractivity contribution in [1.29, 1.82) is 0 Å².